The molecule has 4 rings (SSSR count). The Labute approximate surface area is 158 Å². The monoisotopic (exact) mass is 371 g/mol. The summed E-state index contributed by atoms with van der Waals surface area (Å²) >= 11 is 0. The summed E-state index contributed by atoms with van der Waals surface area (Å²) in [5.41, 5.74) is 0.872. The van der Waals surface area contributed by atoms with Crippen LogP contribution in [0.5, 0.6) is 5.75 Å². The zero-order chi connectivity index (χ0) is 18.6. The molecule has 2 aromatic rings. The molecule has 2 aliphatic rings. The number of hydrogen-bond donors (Lipinski definition) is 0. The van der Waals surface area contributed by atoms with Gasteiger partial charge in [-0.1, -0.05) is 5.16 Å². The highest BCUT2D eigenvalue weighted by Gasteiger charge is 2.32. The fraction of sp³-hybridized carbons (Fsp3) is 0.550. The van der Waals surface area contributed by atoms with Crippen molar-refractivity contribution in [3.05, 3.63) is 30.1 Å². The van der Waals surface area contributed by atoms with E-state index in [9.17, 15) is 4.79 Å². The number of hydrogen-bond acceptors (Lipinski definition) is 6. The average Bonchev–Trinajstić information content (AvgIpc) is 3.38. The van der Waals surface area contributed by atoms with Crippen molar-refractivity contribution < 1.29 is 18.8 Å². The lowest BCUT2D eigenvalue weighted by Crippen LogP contribution is -2.37. The third kappa shape index (κ3) is 4.13. The highest BCUT2D eigenvalue weighted by molar-refractivity contribution is 5.79. The summed E-state index contributed by atoms with van der Waals surface area (Å²) in [5.74, 6) is 2.80. The molecule has 1 aromatic carbocycles. The van der Waals surface area contributed by atoms with Crippen LogP contribution in [0, 0.1) is 11.8 Å². The van der Waals surface area contributed by atoms with E-state index in [1.807, 2.05) is 29.2 Å². The minimum atomic E-state index is 0.129. The molecule has 7 nitrogen and oxygen atoms in total. The Balaban J connectivity index is 1.33. The van der Waals surface area contributed by atoms with E-state index in [-0.39, 0.29) is 11.8 Å². The van der Waals surface area contributed by atoms with Crippen molar-refractivity contribution in [1.29, 1.82) is 0 Å². The quantitative estimate of drug-likeness (QED) is 0.804. The Morgan fingerprint density at radius 2 is 2.00 bits per heavy atom. The standard InChI is InChI=1S/C20H25N3O4/c1-25-17-4-2-15(3-5-17)19-21-18(22-27-19)12-14-6-9-23(13-14)20(24)16-7-10-26-11-8-16/h2-5,14,16H,6-13H2,1H3. The fourth-order valence-electron chi connectivity index (χ4n) is 3.85. The summed E-state index contributed by atoms with van der Waals surface area (Å²) in [4.78, 5) is 19.2. The first kappa shape index (κ1) is 18.0. The van der Waals surface area contributed by atoms with Gasteiger partial charge in [-0.3, -0.25) is 4.79 Å². The van der Waals surface area contributed by atoms with Crippen molar-refractivity contribution in [2.45, 2.75) is 25.7 Å². The van der Waals surface area contributed by atoms with Gasteiger partial charge in [0.25, 0.3) is 5.89 Å². The van der Waals surface area contributed by atoms with Crippen LogP contribution in [0.2, 0.25) is 0 Å². The summed E-state index contributed by atoms with van der Waals surface area (Å²) in [7, 11) is 1.64. The molecule has 0 bridgehead atoms. The van der Waals surface area contributed by atoms with E-state index < -0.39 is 0 Å². The summed E-state index contributed by atoms with van der Waals surface area (Å²) in [5, 5.41) is 4.12. The molecule has 3 heterocycles. The number of nitrogens with zero attached hydrogens (tertiary/aromatic N) is 3. The number of rotatable bonds is 5. The molecule has 1 unspecified atom stereocenters. The van der Waals surface area contributed by atoms with Gasteiger partial charge in [-0.15, -0.1) is 0 Å². The zero-order valence-electron chi connectivity index (χ0n) is 15.6. The number of likely N-dealkylation sites (tertiary alicyclic amines) is 1. The van der Waals surface area contributed by atoms with E-state index in [1.165, 1.54) is 0 Å². The smallest absolute Gasteiger partial charge is 0.257 e. The molecule has 2 fully saturated rings. The molecule has 27 heavy (non-hydrogen) atoms. The molecule has 0 radical (unpaired) electrons. The van der Waals surface area contributed by atoms with Crippen LogP contribution in [-0.4, -0.2) is 54.4 Å². The van der Waals surface area contributed by atoms with E-state index in [0.717, 1.165) is 50.1 Å². The summed E-state index contributed by atoms with van der Waals surface area (Å²) < 4.78 is 15.9. The van der Waals surface area contributed by atoms with Gasteiger partial charge in [0.2, 0.25) is 5.91 Å². The predicted molar refractivity (Wildman–Crippen MR) is 98.2 cm³/mol. The minimum absolute atomic E-state index is 0.129. The number of carbonyl (C=O) groups is 1. The molecule has 2 aliphatic heterocycles. The number of aromatic nitrogens is 2. The molecule has 0 N–H and O–H groups in total. The lowest BCUT2D eigenvalue weighted by atomic mass is 9.99. The van der Waals surface area contributed by atoms with E-state index in [2.05, 4.69) is 10.1 Å². The maximum Gasteiger partial charge on any atom is 0.257 e. The van der Waals surface area contributed by atoms with Crippen LogP contribution in [0.1, 0.15) is 25.1 Å². The van der Waals surface area contributed by atoms with Crippen LogP contribution >= 0.6 is 0 Å². The van der Waals surface area contributed by atoms with E-state index in [0.29, 0.717) is 30.8 Å². The van der Waals surface area contributed by atoms with Gasteiger partial charge in [-0.05, 0) is 49.4 Å². The topological polar surface area (TPSA) is 77.7 Å². The second-order valence-electron chi connectivity index (χ2n) is 7.27. The third-order valence-electron chi connectivity index (χ3n) is 5.44. The van der Waals surface area contributed by atoms with Crippen LogP contribution in [0.4, 0.5) is 0 Å². The Kier molecular flexibility index (Phi) is 5.38. The Bertz CT molecular complexity index is 768. The molecule has 7 heteroatoms. The number of amides is 1. The van der Waals surface area contributed by atoms with Crippen molar-refractivity contribution >= 4 is 5.91 Å². The maximum absolute atomic E-state index is 12.7. The fourth-order valence-corrected chi connectivity index (χ4v) is 3.85. The predicted octanol–water partition coefficient (Wildman–Crippen LogP) is 2.56. The molecule has 2 saturated heterocycles. The first-order valence-electron chi connectivity index (χ1n) is 9.56. The van der Waals surface area contributed by atoms with Crippen molar-refractivity contribution in [2.24, 2.45) is 11.8 Å². The first-order chi connectivity index (χ1) is 13.2. The van der Waals surface area contributed by atoms with Crippen LogP contribution < -0.4 is 4.74 Å². The number of methoxy groups -OCH3 is 1. The zero-order valence-corrected chi connectivity index (χ0v) is 15.6. The number of carbonyl (C=O) groups excluding carboxylic acids is 1. The Hall–Kier alpha value is -2.41. The molecule has 1 amide bonds. The van der Waals surface area contributed by atoms with Crippen LogP contribution in [-0.2, 0) is 16.0 Å². The highest BCUT2D eigenvalue weighted by Crippen LogP contribution is 2.26. The van der Waals surface area contributed by atoms with Crippen molar-refractivity contribution in [2.75, 3.05) is 33.4 Å². The van der Waals surface area contributed by atoms with Gasteiger partial charge in [0.15, 0.2) is 5.82 Å². The molecule has 0 spiro atoms. The molecule has 0 saturated carbocycles. The molecular weight excluding hydrogens is 346 g/mol. The number of ether oxygens (including phenoxy) is 2. The normalized spacial score (nSPS) is 20.8. The van der Waals surface area contributed by atoms with Crippen molar-refractivity contribution in [3.8, 4) is 17.2 Å². The minimum Gasteiger partial charge on any atom is -0.497 e. The largest absolute Gasteiger partial charge is 0.497 e. The van der Waals surface area contributed by atoms with Gasteiger partial charge in [-0.2, -0.15) is 4.98 Å². The lowest BCUT2D eigenvalue weighted by Gasteiger charge is -2.26. The van der Waals surface area contributed by atoms with Crippen LogP contribution in [0.15, 0.2) is 28.8 Å². The van der Waals surface area contributed by atoms with E-state index >= 15 is 0 Å². The summed E-state index contributed by atoms with van der Waals surface area (Å²) in [6, 6.07) is 7.55. The van der Waals surface area contributed by atoms with Gasteiger partial charge in [0, 0.05) is 44.2 Å². The van der Waals surface area contributed by atoms with E-state index in [4.69, 9.17) is 14.0 Å². The molecular formula is C20H25N3O4. The highest BCUT2D eigenvalue weighted by atomic mass is 16.5. The van der Waals surface area contributed by atoms with Crippen LogP contribution in [0.25, 0.3) is 11.5 Å². The lowest BCUT2D eigenvalue weighted by molar-refractivity contribution is -0.137. The number of benzene rings is 1. The maximum atomic E-state index is 12.7. The van der Waals surface area contributed by atoms with Crippen LogP contribution in [0.3, 0.4) is 0 Å². The van der Waals surface area contributed by atoms with E-state index in [1.54, 1.807) is 7.11 Å². The van der Waals surface area contributed by atoms with Gasteiger partial charge >= 0.3 is 0 Å². The van der Waals surface area contributed by atoms with Crippen molar-refractivity contribution in [1.82, 2.24) is 15.0 Å². The Morgan fingerprint density at radius 1 is 1.22 bits per heavy atom. The molecule has 0 aliphatic carbocycles. The molecule has 144 valence electrons. The Morgan fingerprint density at radius 3 is 2.74 bits per heavy atom. The molecule has 1 atom stereocenters. The third-order valence-corrected chi connectivity index (χ3v) is 5.44. The van der Waals surface area contributed by atoms with Gasteiger partial charge in [0.1, 0.15) is 5.75 Å². The summed E-state index contributed by atoms with van der Waals surface area (Å²) in [6.07, 6.45) is 3.41. The van der Waals surface area contributed by atoms with Gasteiger partial charge < -0.3 is 18.9 Å². The summed E-state index contributed by atoms with van der Waals surface area (Å²) in [6.45, 7) is 3.00. The van der Waals surface area contributed by atoms with Gasteiger partial charge in [-0.25, -0.2) is 0 Å². The second-order valence-corrected chi connectivity index (χ2v) is 7.27. The van der Waals surface area contributed by atoms with Gasteiger partial charge in [0.05, 0.1) is 7.11 Å². The SMILES string of the molecule is COc1ccc(-c2nc(CC3CCN(C(=O)C4CCOCC4)C3)no2)cc1. The molecule has 1 aromatic heterocycles. The average molecular weight is 371 g/mol. The first-order valence-corrected chi connectivity index (χ1v) is 9.56. The second kappa shape index (κ2) is 8.08. The van der Waals surface area contributed by atoms with Crippen molar-refractivity contribution in [3.63, 3.8) is 0 Å².